The van der Waals surface area contributed by atoms with E-state index >= 15 is 0 Å². The van der Waals surface area contributed by atoms with Gasteiger partial charge in [0.25, 0.3) is 0 Å². The van der Waals surface area contributed by atoms with Crippen molar-refractivity contribution < 1.29 is 4.79 Å². The molecule has 0 spiro atoms. The number of nitrogens with two attached hydrogens (primary N) is 1. The van der Waals surface area contributed by atoms with E-state index in [4.69, 9.17) is 5.73 Å². The first-order chi connectivity index (χ1) is 16.8. The third-order valence-corrected chi connectivity index (χ3v) is 8.56. The summed E-state index contributed by atoms with van der Waals surface area (Å²) >= 11 is 0. The highest BCUT2D eigenvalue weighted by molar-refractivity contribution is 5.87. The average Bonchev–Trinajstić information content (AvgIpc) is 2.82. The fourth-order valence-electron chi connectivity index (χ4n) is 4.99. The van der Waals surface area contributed by atoms with Gasteiger partial charge in [0.1, 0.15) is 5.78 Å². The van der Waals surface area contributed by atoms with Gasteiger partial charge in [0, 0.05) is 22.5 Å². The summed E-state index contributed by atoms with van der Waals surface area (Å²) in [5, 5.41) is 3.74. The second-order valence-electron chi connectivity index (χ2n) is 11.4. The van der Waals surface area contributed by atoms with Gasteiger partial charge in [-0.15, -0.1) is 0 Å². The van der Waals surface area contributed by atoms with E-state index in [1.807, 2.05) is 0 Å². The maximum atomic E-state index is 9.44. The van der Waals surface area contributed by atoms with Crippen molar-refractivity contribution in [2.75, 3.05) is 11.1 Å². The van der Waals surface area contributed by atoms with E-state index in [9.17, 15) is 4.79 Å². The summed E-state index contributed by atoms with van der Waals surface area (Å²) in [6.45, 7) is 33.8. The number of anilines is 2. The number of carbonyl (C=O) groups is 1. The molecule has 0 amide bonds. The lowest BCUT2D eigenvalue weighted by Crippen LogP contribution is -2.36. The number of nitrogens with one attached hydrogen (secondary N) is 1. The van der Waals surface area contributed by atoms with Gasteiger partial charge in [0.2, 0.25) is 0 Å². The van der Waals surface area contributed by atoms with E-state index in [0.29, 0.717) is 0 Å². The van der Waals surface area contributed by atoms with Crippen molar-refractivity contribution in [1.82, 2.24) is 0 Å². The molecule has 0 atom stereocenters. The molecule has 1 aliphatic rings. The number of rotatable bonds is 1. The Morgan fingerprint density at radius 1 is 0.703 bits per heavy atom. The van der Waals surface area contributed by atoms with Crippen molar-refractivity contribution in [3.05, 3.63) is 67.3 Å². The number of carbonyl (C=O) groups excluding carboxylic acids is 1. The Morgan fingerprint density at radius 2 is 1.11 bits per heavy atom. The molecule has 1 heterocycles. The summed E-state index contributed by atoms with van der Waals surface area (Å²) < 4.78 is 0. The molecule has 0 aromatic heterocycles. The number of allylic oxidation sites excluding steroid dienone is 3. The normalized spacial score (nSPS) is 14.1. The smallest absolute Gasteiger partial charge is 0.126 e. The van der Waals surface area contributed by atoms with Crippen LogP contribution in [0, 0.1) is 55.4 Å². The lowest BCUT2D eigenvalue weighted by Gasteiger charge is -2.38. The quantitative estimate of drug-likeness (QED) is 0.380. The van der Waals surface area contributed by atoms with Crippen LogP contribution in [0.5, 0.6) is 0 Å². The van der Waals surface area contributed by atoms with Crippen LogP contribution in [-0.2, 0) is 4.79 Å². The zero-order valence-electron chi connectivity index (χ0n) is 26.6. The molecule has 3 heteroatoms. The SMILES string of the molecule is C/C=C(\C)c1c(C)c(C)c(C)c(C)c1N.CC(C)=O.CC1=C(C)C(C)(C)Nc2c(C)c(C)c(C)c(C)c21. The Morgan fingerprint density at radius 3 is 1.57 bits per heavy atom. The van der Waals surface area contributed by atoms with Gasteiger partial charge in [0.15, 0.2) is 0 Å². The molecule has 0 saturated carbocycles. The van der Waals surface area contributed by atoms with Crippen molar-refractivity contribution in [3.63, 3.8) is 0 Å². The Labute approximate surface area is 227 Å². The van der Waals surface area contributed by atoms with Crippen molar-refractivity contribution in [2.24, 2.45) is 0 Å². The Bertz CT molecular complexity index is 1240. The predicted molar refractivity (Wildman–Crippen MR) is 167 cm³/mol. The van der Waals surface area contributed by atoms with Crippen molar-refractivity contribution >= 4 is 28.3 Å². The monoisotopic (exact) mass is 504 g/mol. The average molecular weight is 505 g/mol. The molecule has 1 aliphatic heterocycles. The lowest BCUT2D eigenvalue weighted by molar-refractivity contribution is -0.114. The van der Waals surface area contributed by atoms with E-state index < -0.39 is 0 Å². The third kappa shape index (κ3) is 6.55. The summed E-state index contributed by atoms with van der Waals surface area (Å²) in [5.41, 5.74) is 26.2. The summed E-state index contributed by atoms with van der Waals surface area (Å²) in [7, 11) is 0. The van der Waals surface area contributed by atoms with Crippen molar-refractivity contribution in [1.29, 1.82) is 0 Å². The van der Waals surface area contributed by atoms with Crippen LogP contribution in [0.2, 0.25) is 0 Å². The van der Waals surface area contributed by atoms with Crippen LogP contribution in [-0.4, -0.2) is 11.3 Å². The van der Waals surface area contributed by atoms with E-state index in [0.717, 1.165) is 5.69 Å². The van der Waals surface area contributed by atoms with Gasteiger partial charge < -0.3 is 15.8 Å². The molecule has 0 radical (unpaired) electrons. The summed E-state index contributed by atoms with van der Waals surface area (Å²) in [4.78, 5) is 9.44. The number of hydrogen-bond acceptors (Lipinski definition) is 3. The number of nitrogen functional groups attached to an aromatic ring is 1. The zero-order valence-corrected chi connectivity index (χ0v) is 26.6. The van der Waals surface area contributed by atoms with Gasteiger partial charge in [-0.1, -0.05) is 6.08 Å². The Kier molecular flexibility index (Phi) is 10.6. The maximum Gasteiger partial charge on any atom is 0.126 e. The summed E-state index contributed by atoms with van der Waals surface area (Å²) in [6, 6.07) is 0. The third-order valence-electron chi connectivity index (χ3n) is 8.56. The Hall–Kier alpha value is -2.81. The number of benzene rings is 2. The van der Waals surface area contributed by atoms with E-state index in [-0.39, 0.29) is 11.3 Å². The Balaban J connectivity index is 0.000000328. The van der Waals surface area contributed by atoms with Gasteiger partial charge in [-0.25, -0.2) is 0 Å². The molecule has 204 valence electrons. The van der Waals surface area contributed by atoms with Gasteiger partial charge in [-0.05, 0) is 172 Å². The second-order valence-corrected chi connectivity index (χ2v) is 11.4. The number of hydrogen-bond donors (Lipinski definition) is 2. The van der Waals surface area contributed by atoms with Gasteiger partial charge >= 0.3 is 0 Å². The standard InChI is InChI=1S/C17H25N.C14H21N.C3H6O/c1-9-10(2)12(4)16-15(11(9)3)13(5)14(6)17(7,8)18-16;1-7-8(2)13-11(5)9(3)10(4)12(6)14(13)15;1-3(2)4/h18H,1-8H3;7H,15H2,1-6H3;1-2H3/b;8-7+;. The van der Waals surface area contributed by atoms with Crippen molar-refractivity contribution in [3.8, 4) is 0 Å². The van der Waals surface area contributed by atoms with Crippen LogP contribution < -0.4 is 11.1 Å². The lowest BCUT2D eigenvalue weighted by atomic mass is 9.79. The van der Waals surface area contributed by atoms with Gasteiger partial charge in [0.05, 0.1) is 5.54 Å². The molecule has 0 saturated heterocycles. The molecule has 0 aliphatic carbocycles. The van der Waals surface area contributed by atoms with Crippen LogP contribution >= 0.6 is 0 Å². The minimum Gasteiger partial charge on any atom is -0.398 e. The summed E-state index contributed by atoms with van der Waals surface area (Å²) in [6.07, 6.45) is 2.12. The van der Waals surface area contributed by atoms with Crippen LogP contribution in [0.1, 0.15) is 111 Å². The minimum absolute atomic E-state index is 0.0516. The van der Waals surface area contributed by atoms with Gasteiger partial charge in [-0.3, -0.25) is 0 Å². The minimum atomic E-state index is 0.0516. The van der Waals surface area contributed by atoms with Crippen LogP contribution in [0.3, 0.4) is 0 Å². The number of ketones is 1. The highest BCUT2D eigenvalue weighted by Gasteiger charge is 2.31. The van der Waals surface area contributed by atoms with Crippen LogP contribution in [0.25, 0.3) is 11.1 Å². The highest BCUT2D eigenvalue weighted by Crippen LogP contribution is 2.44. The molecule has 0 unspecified atom stereocenters. The largest absolute Gasteiger partial charge is 0.398 e. The topological polar surface area (TPSA) is 55.1 Å². The molecular formula is C34H52N2O. The fraction of sp³-hybridized carbons (Fsp3) is 0.500. The molecule has 2 aromatic rings. The fourth-order valence-corrected chi connectivity index (χ4v) is 4.99. The van der Waals surface area contributed by atoms with E-state index in [2.05, 4.69) is 108 Å². The van der Waals surface area contributed by atoms with E-state index in [1.165, 1.54) is 91.9 Å². The molecular weight excluding hydrogens is 452 g/mol. The molecule has 0 fully saturated rings. The summed E-state index contributed by atoms with van der Waals surface area (Å²) in [5.74, 6) is 0.167. The van der Waals surface area contributed by atoms with E-state index in [1.54, 1.807) is 0 Å². The second kappa shape index (κ2) is 12.2. The molecule has 3 N–H and O–H groups in total. The van der Waals surface area contributed by atoms with Crippen LogP contribution in [0.4, 0.5) is 11.4 Å². The predicted octanol–water partition coefficient (Wildman–Crippen LogP) is 9.44. The molecule has 3 rings (SSSR count). The first kappa shape index (κ1) is 32.2. The van der Waals surface area contributed by atoms with Gasteiger partial charge in [-0.2, -0.15) is 0 Å². The highest BCUT2D eigenvalue weighted by atomic mass is 16.1. The first-order valence-electron chi connectivity index (χ1n) is 13.4. The molecule has 3 nitrogen and oxygen atoms in total. The molecule has 37 heavy (non-hydrogen) atoms. The number of Topliss-reactive ketones (excluding diaryl/α,β-unsaturated/α-hetero) is 1. The number of fused-ring (bicyclic) bond motifs is 1. The zero-order chi connectivity index (χ0) is 29.2. The molecule has 2 aromatic carbocycles. The maximum absolute atomic E-state index is 9.44. The molecule has 0 bridgehead atoms. The van der Waals surface area contributed by atoms with Crippen molar-refractivity contribution in [2.45, 2.75) is 116 Å². The first-order valence-corrected chi connectivity index (χ1v) is 13.4. The van der Waals surface area contributed by atoms with Crippen LogP contribution in [0.15, 0.2) is 11.6 Å².